The van der Waals surface area contributed by atoms with Crippen LogP contribution in [0.4, 0.5) is 0 Å². The van der Waals surface area contributed by atoms with Crippen molar-refractivity contribution in [2.24, 2.45) is 0 Å². The predicted molar refractivity (Wildman–Crippen MR) is 116 cm³/mol. The second kappa shape index (κ2) is 7.55. The van der Waals surface area contributed by atoms with Gasteiger partial charge in [-0.15, -0.1) is 0 Å². The minimum Gasteiger partial charge on any atom is -0.457 e. The van der Waals surface area contributed by atoms with Crippen LogP contribution in [0.25, 0.3) is 17.4 Å². The van der Waals surface area contributed by atoms with Crippen LogP contribution in [0.3, 0.4) is 0 Å². The number of Topliss-reactive ketones (excluding diaryl/α,β-unsaturated/α-hetero) is 1. The van der Waals surface area contributed by atoms with Gasteiger partial charge in [0.1, 0.15) is 15.8 Å². The van der Waals surface area contributed by atoms with E-state index in [0.717, 1.165) is 17.3 Å². The van der Waals surface area contributed by atoms with Crippen LogP contribution >= 0.6 is 24.0 Å². The molecule has 1 aromatic heterocycles. The molecule has 1 atom stereocenters. The molecule has 3 heterocycles. The number of sulfone groups is 1. The maximum Gasteiger partial charge on any atom is 0.266 e. The Balaban J connectivity index is 1.54. The third-order valence-electron chi connectivity index (χ3n) is 4.87. The van der Waals surface area contributed by atoms with Crippen molar-refractivity contribution in [3.63, 3.8) is 0 Å². The van der Waals surface area contributed by atoms with Gasteiger partial charge in [-0.05, 0) is 25.5 Å². The number of thioether (sulfide) groups is 1. The van der Waals surface area contributed by atoms with E-state index in [1.54, 1.807) is 42.5 Å². The summed E-state index contributed by atoms with van der Waals surface area (Å²) >= 11 is 6.46. The molecular formula is C20H17NO5S3. The average molecular weight is 448 g/mol. The number of furan rings is 1. The molecule has 1 amide bonds. The summed E-state index contributed by atoms with van der Waals surface area (Å²) in [5, 5.41) is 0. The Kier molecular flexibility index (Phi) is 5.22. The molecule has 0 aliphatic carbocycles. The highest BCUT2D eigenvalue weighted by molar-refractivity contribution is 8.26. The Labute approximate surface area is 177 Å². The zero-order valence-electron chi connectivity index (χ0n) is 15.5. The first-order valence-corrected chi connectivity index (χ1v) is 12.0. The maximum absolute atomic E-state index is 12.8. The Morgan fingerprint density at radius 1 is 1.24 bits per heavy atom. The molecule has 0 spiro atoms. The quantitative estimate of drug-likeness (QED) is 0.403. The second-order valence-corrected chi connectivity index (χ2v) is 10.8. The van der Waals surface area contributed by atoms with Crippen molar-refractivity contribution in [2.75, 3.05) is 11.5 Å². The number of rotatable bonds is 4. The van der Waals surface area contributed by atoms with Crippen LogP contribution in [0, 0.1) is 0 Å². The highest BCUT2D eigenvalue weighted by atomic mass is 32.2. The molecule has 9 heteroatoms. The van der Waals surface area contributed by atoms with Crippen LogP contribution < -0.4 is 0 Å². The number of benzene rings is 1. The molecule has 150 valence electrons. The molecule has 2 aromatic rings. The van der Waals surface area contributed by atoms with Crippen molar-refractivity contribution in [2.45, 2.75) is 19.4 Å². The van der Waals surface area contributed by atoms with Gasteiger partial charge in [0.2, 0.25) is 0 Å². The first-order valence-electron chi connectivity index (χ1n) is 8.92. The van der Waals surface area contributed by atoms with Gasteiger partial charge < -0.3 is 4.42 Å². The average Bonchev–Trinajstić information content (AvgIpc) is 3.34. The second-order valence-electron chi connectivity index (χ2n) is 6.94. The fourth-order valence-electron chi connectivity index (χ4n) is 3.36. The molecule has 2 aliphatic heterocycles. The molecule has 0 saturated carbocycles. The standard InChI is InChI=1S/C20H17NO5S3/c1-12(22)13-2-4-14(5-3-13)17-7-6-16(26-17)10-18-19(23)21(20(27)28-18)15-8-9-29(24,25)11-15/h2-7,10,15H,8-9,11H2,1H3. The number of hydrogen-bond acceptors (Lipinski definition) is 7. The summed E-state index contributed by atoms with van der Waals surface area (Å²) < 4.78 is 29.7. The lowest BCUT2D eigenvalue weighted by Gasteiger charge is -2.20. The van der Waals surface area contributed by atoms with Crippen molar-refractivity contribution < 1.29 is 22.4 Å². The SMILES string of the molecule is CC(=O)c1ccc(-c2ccc(C=C3SC(=S)N(C4CCS(=O)(=O)C4)C3=O)o2)cc1. The van der Waals surface area contributed by atoms with Gasteiger partial charge in [0.25, 0.3) is 5.91 Å². The summed E-state index contributed by atoms with van der Waals surface area (Å²) in [6, 6.07) is 10.2. The van der Waals surface area contributed by atoms with Crippen LogP contribution in [0.15, 0.2) is 45.7 Å². The fourth-order valence-corrected chi connectivity index (χ4v) is 6.44. The van der Waals surface area contributed by atoms with Gasteiger partial charge in [0, 0.05) is 17.2 Å². The molecule has 0 N–H and O–H groups in total. The van der Waals surface area contributed by atoms with Crippen LogP contribution in [0.2, 0.25) is 0 Å². The molecule has 2 fully saturated rings. The van der Waals surface area contributed by atoms with E-state index in [4.69, 9.17) is 16.6 Å². The van der Waals surface area contributed by atoms with Crippen LogP contribution in [-0.2, 0) is 14.6 Å². The van der Waals surface area contributed by atoms with Gasteiger partial charge in [0.15, 0.2) is 15.6 Å². The van der Waals surface area contributed by atoms with Crippen molar-refractivity contribution in [3.8, 4) is 11.3 Å². The molecule has 2 saturated heterocycles. The van der Waals surface area contributed by atoms with E-state index < -0.39 is 15.9 Å². The molecule has 1 aromatic carbocycles. The van der Waals surface area contributed by atoms with Crippen LogP contribution in [0.1, 0.15) is 29.5 Å². The number of amides is 1. The van der Waals surface area contributed by atoms with Crippen molar-refractivity contribution in [3.05, 3.63) is 52.6 Å². The first-order chi connectivity index (χ1) is 13.7. The fraction of sp³-hybridized carbons (Fsp3) is 0.250. The number of carbonyl (C=O) groups excluding carboxylic acids is 2. The molecule has 0 bridgehead atoms. The van der Waals surface area contributed by atoms with Crippen molar-refractivity contribution >= 4 is 55.9 Å². The summed E-state index contributed by atoms with van der Waals surface area (Å²) in [4.78, 5) is 26.0. The molecular weight excluding hydrogens is 430 g/mol. The van der Waals surface area contributed by atoms with Gasteiger partial charge in [-0.2, -0.15) is 0 Å². The minimum absolute atomic E-state index is 0.00577. The summed E-state index contributed by atoms with van der Waals surface area (Å²) in [6.45, 7) is 1.51. The maximum atomic E-state index is 12.8. The van der Waals surface area contributed by atoms with Gasteiger partial charge in [-0.1, -0.05) is 48.2 Å². The lowest BCUT2D eigenvalue weighted by Crippen LogP contribution is -2.39. The molecule has 4 rings (SSSR count). The van der Waals surface area contributed by atoms with E-state index in [1.165, 1.54) is 11.8 Å². The van der Waals surface area contributed by atoms with E-state index >= 15 is 0 Å². The van der Waals surface area contributed by atoms with Gasteiger partial charge in [0.05, 0.1) is 22.5 Å². The Bertz CT molecular complexity index is 1150. The summed E-state index contributed by atoms with van der Waals surface area (Å²) in [7, 11) is -3.11. The summed E-state index contributed by atoms with van der Waals surface area (Å²) in [5.41, 5.74) is 1.44. The minimum atomic E-state index is -3.11. The Hall–Kier alpha value is -2.23. The van der Waals surface area contributed by atoms with E-state index in [2.05, 4.69) is 0 Å². The van der Waals surface area contributed by atoms with E-state index in [9.17, 15) is 18.0 Å². The third-order valence-corrected chi connectivity index (χ3v) is 7.95. The zero-order chi connectivity index (χ0) is 20.8. The third kappa shape index (κ3) is 4.08. The normalized spacial score (nSPS) is 22.6. The number of hydrogen-bond donors (Lipinski definition) is 0. The Morgan fingerprint density at radius 2 is 1.97 bits per heavy atom. The molecule has 2 aliphatic rings. The lowest BCUT2D eigenvalue weighted by molar-refractivity contribution is -0.123. The van der Waals surface area contributed by atoms with E-state index in [1.807, 2.05) is 0 Å². The molecule has 29 heavy (non-hydrogen) atoms. The van der Waals surface area contributed by atoms with Gasteiger partial charge in [-0.25, -0.2) is 8.42 Å². The van der Waals surface area contributed by atoms with Gasteiger partial charge in [-0.3, -0.25) is 14.5 Å². The largest absolute Gasteiger partial charge is 0.457 e. The number of carbonyl (C=O) groups is 2. The monoisotopic (exact) mass is 447 g/mol. The first kappa shape index (κ1) is 20.1. The molecule has 6 nitrogen and oxygen atoms in total. The van der Waals surface area contributed by atoms with Crippen molar-refractivity contribution in [1.29, 1.82) is 0 Å². The summed E-state index contributed by atoms with van der Waals surface area (Å²) in [5.74, 6) is 0.851. The van der Waals surface area contributed by atoms with Crippen molar-refractivity contribution in [1.82, 2.24) is 4.90 Å². The Morgan fingerprint density at radius 3 is 2.59 bits per heavy atom. The zero-order valence-corrected chi connectivity index (χ0v) is 17.9. The van der Waals surface area contributed by atoms with Gasteiger partial charge >= 0.3 is 0 Å². The number of thiocarbonyl (C=S) groups is 1. The smallest absolute Gasteiger partial charge is 0.266 e. The summed E-state index contributed by atoms with van der Waals surface area (Å²) in [6.07, 6.45) is 2.03. The topological polar surface area (TPSA) is 84.7 Å². The highest BCUT2D eigenvalue weighted by Gasteiger charge is 2.42. The highest BCUT2D eigenvalue weighted by Crippen LogP contribution is 2.36. The predicted octanol–water partition coefficient (Wildman–Crippen LogP) is 3.54. The van der Waals surface area contributed by atoms with Crippen LogP contribution in [0.5, 0.6) is 0 Å². The number of nitrogens with zero attached hydrogens (tertiary/aromatic N) is 1. The van der Waals surface area contributed by atoms with E-state index in [0.29, 0.717) is 32.7 Å². The van der Waals surface area contributed by atoms with Crippen LogP contribution in [-0.4, -0.2) is 46.9 Å². The molecule has 0 radical (unpaired) electrons. The van der Waals surface area contributed by atoms with E-state index in [-0.39, 0.29) is 23.2 Å². The number of ketones is 1. The lowest BCUT2D eigenvalue weighted by atomic mass is 10.1. The molecule has 1 unspecified atom stereocenters.